The molecule has 0 aliphatic rings. The molecule has 6 nitrogen and oxygen atoms in total. The van der Waals surface area contributed by atoms with Crippen LogP contribution in [0.3, 0.4) is 0 Å². The maximum absolute atomic E-state index is 12.8. The van der Waals surface area contributed by atoms with E-state index in [1.54, 1.807) is 0 Å². The summed E-state index contributed by atoms with van der Waals surface area (Å²) in [5, 5.41) is 3.06. The number of methoxy groups -OCH3 is 1. The van der Waals surface area contributed by atoms with E-state index in [9.17, 15) is 9.59 Å². The van der Waals surface area contributed by atoms with Crippen LogP contribution in [0.15, 0.2) is 36.4 Å². The van der Waals surface area contributed by atoms with Crippen molar-refractivity contribution in [1.29, 1.82) is 0 Å². The SMILES string of the molecule is COc1cc(C(=O)Nc2ccccc2C(C)(C)C)cc(Cl)c1OCC(N)=O. The van der Waals surface area contributed by atoms with Gasteiger partial charge in [-0.15, -0.1) is 0 Å². The second-order valence-electron chi connectivity index (χ2n) is 6.99. The highest BCUT2D eigenvalue weighted by molar-refractivity contribution is 6.32. The number of nitrogens with one attached hydrogen (secondary N) is 1. The number of primary amides is 1. The molecule has 0 unspecified atom stereocenters. The van der Waals surface area contributed by atoms with Gasteiger partial charge in [0.15, 0.2) is 18.1 Å². The third kappa shape index (κ3) is 5.14. The zero-order valence-electron chi connectivity index (χ0n) is 15.8. The summed E-state index contributed by atoms with van der Waals surface area (Å²) in [7, 11) is 1.42. The van der Waals surface area contributed by atoms with Gasteiger partial charge in [-0.2, -0.15) is 0 Å². The van der Waals surface area contributed by atoms with Gasteiger partial charge < -0.3 is 20.5 Å². The minimum Gasteiger partial charge on any atom is -0.493 e. The Balaban J connectivity index is 2.33. The number of rotatable bonds is 6. The number of ether oxygens (including phenoxy) is 2. The molecule has 2 amide bonds. The van der Waals surface area contributed by atoms with Crippen molar-refractivity contribution >= 4 is 29.1 Å². The maximum atomic E-state index is 12.8. The fraction of sp³-hybridized carbons (Fsp3) is 0.300. The molecule has 2 rings (SSSR count). The van der Waals surface area contributed by atoms with Gasteiger partial charge in [0.25, 0.3) is 11.8 Å². The van der Waals surface area contributed by atoms with E-state index in [0.29, 0.717) is 5.56 Å². The van der Waals surface area contributed by atoms with Gasteiger partial charge in [-0.05, 0) is 29.2 Å². The molecule has 27 heavy (non-hydrogen) atoms. The van der Waals surface area contributed by atoms with E-state index >= 15 is 0 Å². The molecule has 0 aliphatic carbocycles. The Morgan fingerprint density at radius 3 is 2.44 bits per heavy atom. The molecule has 0 saturated heterocycles. The minimum atomic E-state index is -0.645. The fourth-order valence-corrected chi connectivity index (χ4v) is 2.84. The Kier molecular flexibility index (Phi) is 6.33. The molecule has 0 bridgehead atoms. The summed E-state index contributed by atoms with van der Waals surface area (Å²) < 4.78 is 10.5. The molecule has 2 aromatic rings. The summed E-state index contributed by atoms with van der Waals surface area (Å²) >= 11 is 6.21. The van der Waals surface area contributed by atoms with E-state index in [2.05, 4.69) is 26.1 Å². The lowest BCUT2D eigenvalue weighted by atomic mass is 9.86. The molecule has 2 aromatic carbocycles. The van der Waals surface area contributed by atoms with Crippen LogP contribution in [0.2, 0.25) is 5.02 Å². The first-order valence-electron chi connectivity index (χ1n) is 8.33. The van der Waals surface area contributed by atoms with Gasteiger partial charge >= 0.3 is 0 Å². The largest absolute Gasteiger partial charge is 0.493 e. The zero-order chi connectivity index (χ0) is 20.2. The van der Waals surface area contributed by atoms with Crippen molar-refractivity contribution in [3.8, 4) is 11.5 Å². The molecular weight excluding hydrogens is 368 g/mol. The molecule has 0 radical (unpaired) electrons. The van der Waals surface area contributed by atoms with Crippen LogP contribution in [0.5, 0.6) is 11.5 Å². The predicted molar refractivity (Wildman–Crippen MR) is 106 cm³/mol. The van der Waals surface area contributed by atoms with Crippen molar-refractivity contribution < 1.29 is 19.1 Å². The van der Waals surface area contributed by atoms with Gasteiger partial charge in [0.2, 0.25) is 0 Å². The summed E-state index contributed by atoms with van der Waals surface area (Å²) in [6.45, 7) is 5.87. The van der Waals surface area contributed by atoms with Gasteiger partial charge in [-0.3, -0.25) is 9.59 Å². The van der Waals surface area contributed by atoms with Crippen molar-refractivity contribution in [2.24, 2.45) is 5.73 Å². The third-order valence-electron chi connectivity index (χ3n) is 3.83. The van der Waals surface area contributed by atoms with E-state index in [0.717, 1.165) is 11.3 Å². The Morgan fingerprint density at radius 1 is 1.19 bits per heavy atom. The molecule has 0 atom stereocenters. The number of amides is 2. The number of anilines is 1. The molecule has 0 saturated carbocycles. The molecule has 7 heteroatoms. The normalized spacial score (nSPS) is 11.0. The summed E-state index contributed by atoms with van der Waals surface area (Å²) in [6.07, 6.45) is 0. The number of benzene rings is 2. The number of hydrogen-bond acceptors (Lipinski definition) is 4. The summed E-state index contributed by atoms with van der Waals surface area (Å²) in [4.78, 5) is 23.7. The van der Waals surface area contributed by atoms with Crippen LogP contribution in [0.1, 0.15) is 36.7 Å². The molecule has 0 fully saturated rings. The van der Waals surface area contributed by atoms with Crippen LogP contribution in [0.25, 0.3) is 0 Å². The average Bonchev–Trinajstić information content (AvgIpc) is 2.59. The number of carbonyl (C=O) groups is 2. The standard InChI is InChI=1S/C20H23ClN2O4/c1-20(2,3)13-7-5-6-8-15(13)23-19(25)12-9-14(21)18(16(10-12)26-4)27-11-17(22)24/h5-10H,11H2,1-4H3,(H2,22,24)(H,23,25). The lowest BCUT2D eigenvalue weighted by molar-refractivity contribution is -0.119. The first kappa shape index (κ1) is 20.6. The second kappa shape index (κ2) is 8.31. The first-order valence-corrected chi connectivity index (χ1v) is 8.70. The van der Waals surface area contributed by atoms with E-state index in [4.69, 9.17) is 26.8 Å². The number of nitrogens with two attached hydrogens (primary N) is 1. The number of hydrogen-bond donors (Lipinski definition) is 2. The Hall–Kier alpha value is -2.73. The summed E-state index contributed by atoms with van der Waals surface area (Å²) in [6, 6.07) is 10.6. The van der Waals surface area contributed by atoms with E-state index in [1.165, 1.54) is 19.2 Å². The van der Waals surface area contributed by atoms with Gasteiger partial charge in [-0.1, -0.05) is 50.6 Å². The highest BCUT2D eigenvalue weighted by atomic mass is 35.5. The quantitative estimate of drug-likeness (QED) is 0.785. The van der Waals surface area contributed by atoms with Gasteiger partial charge in [0.1, 0.15) is 0 Å². The minimum absolute atomic E-state index is 0.133. The van der Waals surface area contributed by atoms with Crippen LogP contribution in [-0.2, 0) is 10.2 Å². The lowest BCUT2D eigenvalue weighted by Gasteiger charge is -2.23. The molecule has 0 spiro atoms. The number of carbonyl (C=O) groups excluding carboxylic acids is 2. The third-order valence-corrected chi connectivity index (χ3v) is 4.11. The van der Waals surface area contributed by atoms with Crippen LogP contribution in [0, 0.1) is 0 Å². The van der Waals surface area contributed by atoms with Crippen molar-refractivity contribution in [3.63, 3.8) is 0 Å². The molecule has 0 aliphatic heterocycles. The summed E-state index contributed by atoms with van der Waals surface area (Å²) in [5.41, 5.74) is 6.98. The van der Waals surface area contributed by atoms with Crippen LogP contribution in [-0.4, -0.2) is 25.5 Å². The number of para-hydroxylation sites is 1. The molecule has 0 aromatic heterocycles. The van der Waals surface area contributed by atoms with Crippen LogP contribution >= 0.6 is 11.6 Å². The van der Waals surface area contributed by atoms with E-state index in [-0.39, 0.29) is 34.5 Å². The molecule has 3 N–H and O–H groups in total. The van der Waals surface area contributed by atoms with Crippen molar-refractivity contribution in [2.45, 2.75) is 26.2 Å². The monoisotopic (exact) mass is 390 g/mol. The van der Waals surface area contributed by atoms with Gasteiger partial charge in [-0.25, -0.2) is 0 Å². The Morgan fingerprint density at radius 2 is 1.85 bits per heavy atom. The zero-order valence-corrected chi connectivity index (χ0v) is 16.5. The lowest BCUT2D eigenvalue weighted by Crippen LogP contribution is -2.21. The fourth-order valence-electron chi connectivity index (χ4n) is 2.57. The molecular formula is C20H23ClN2O4. The van der Waals surface area contributed by atoms with Gasteiger partial charge in [0, 0.05) is 11.3 Å². The van der Waals surface area contributed by atoms with Crippen molar-refractivity contribution in [3.05, 3.63) is 52.5 Å². The Bertz CT molecular complexity index is 860. The van der Waals surface area contributed by atoms with E-state index < -0.39 is 5.91 Å². The van der Waals surface area contributed by atoms with Crippen molar-refractivity contribution in [2.75, 3.05) is 19.0 Å². The first-order chi connectivity index (χ1) is 12.6. The average molecular weight is 391 g/mol. The van der Waals surface area contributed by atoms with Crippen LogP contribution < -0.4 is 20.5 Å². The highest BCUT2D eigenvalue weighted by Crippen LogP contribution is 2.37. The topological polar surface area (TPSA) is 90.7 Å². The van der Waals surface area contributed by atoms with Crippen molar-refractivity contribution in [1.82, 2.24) is 0 Å². The summed E-state index contributed by atoms with van der Waals surface area (Å²) in [5.74, 6) is -0.593. The smallest absolute Gasteiger partial charge is 0.255 e. The maximum Gasteiger partial charge on any atom is 0.255 e. The predicted octanol–water partition coefficient (Wildman–Crippen LogP) is 3.76. The number of halogens is 1. The molecule has 144 valence electrons. The Labute approximate surface area is 163 Å². The van der Waals surface area contributed by atoms with E-state index in [1.807, 2.05) is 24.3 Å². The van der Waals surface area contributed by atoms with Gasteiger partial charge in [0.05, 0.1) is 12.1 Å². The highest BCUT2D eigenvalue weighted by Gasteiger charge is 2.21. The van der Waals surface area contributed by atoms with Crippen LogP contribution in [0.4, 0.5) is 5.69 Å². The second-order valence-corrected chi connectivity index (χ2v) is 7.40. The molecule has 0 heterocycles.